The van der Waals surface area contributed by atoms with Gasteiger partial charge >= 0.3 is 0 Å². The molecule has 0 fully saturated rings. The molecule has 0 radical (unpaired) electrons. The van der Waals surface area contributed by atoms with Crippen LogP contribution >= 0.6 is 35.3 Å². The Kier molecular flexibility index (Phi) is 7.24. The van der Waals surface area contributed by atoms with Gasteiger partial charge in [0.05, 0.1) is 17.2 Å². The Hall–Kier alpha value is -1.61. The van der Waals surface area contributed by atoms with Gasteiger partial charge in [-0.25, -0.2) is 4.98 Å². The number of guanidine groups is 1. The van der Waals surface area contributed by atoms with Gasteiger partial charge in [-0.15, -0.1) is 35.3 Å². The number of aliphatic imine (C=N–C) groups is 1. The lowest BCUT2D eigenvalue weighted by Crippen LogP contribution is -2.37. The van der Waals surface area contributed by atoms with Crippen LogP contribution in [0.3, 0.4) is 0 Å². The fourth-order valence-corrected chi connectivity index (χ4v) is 3.46. The summed E-state index contributed by atoms with van der Waals surface area (Å²) in [4.78, 5) is 9.95. The maximum absolute atomic E-state index is 5.82. The van der Waals surface area contributed by atoms with Crippen LogP contribution in [0.5, 0.6) is 0 Å². The van der Waals surface area contributed by atoms with Gasteiger partial charge in [-0.2, -0.15) is 0 Å². The largest absolute Gasteiger partial charge is 0.461 e. The Balaban J connectivity index is 0.00000225. The number of para-hydroxylation sites is 1. The summed E-state index contributed by atoms with van der Waals surface area (Å²) in [6, 6.07) is 10.2. The van der Waals surface area contributed by atoms with E-state index in [1.165, 1.54) is 4.88 Å². The summed E-state index contributed by atoms with van der Waals surface area (Å²) in [7, 11) is 1.78. The van der Waals surface area contributed by atoms with Crippen LogP contribution in [0.1, 0.15) is 21.3 Å². The number of thiazole rings is 1. The second-order valence-corrected chi connectivity index (χ2v) is 6.88. The number of hydrogen-bond acceptors (Lipinski definition) is 4. The van der Waals surface area contributed by atoms with Gasteiger partial charge in [0.1, 0.15) is 11.3 Å². The molecule has 25 heavy (non-hydrogen) atoms. The second kappa shape index (κ2) is 9.19. The van der Waals surface area contributed by atoms with Crippen LogP contribution in [0.15, 0.2) is 39.7 Å². The van der Waals surface area contributed by atoms with E-state index < -0.39 is 0 Å². The normalized spacial score (nSPS) is 11.4. The van der Waals surface area contributed by atoms with Crippen LogP contribution in [0, 0.1) is 13.8 Å². The van der Waals surface area contributed by atoms with Crippen molar-refractivity contribution in [3.63, 3.8) is 0 Å². The standard InChI is InChI=1S/C18H22N4OS.HI/c1-12-17(24-13(2)22-12)11-21-18(19-3)20-9-8-15-10-14-6-4-5-7-16(14)23-15;/h4-7,10H,8-9,11H2,1-3H3,(H2,19,20,21);1H. The van der Waals surface area contributed by atoms with E-state index in [1.807, 2.05) is 32.0 Å². The number of aromatic nitrogens is 1. The van der Waals surface area contributed by atoms with Gasteiger partial charge in [0.25, 0.3) is 0 Å². The molecule has 0 unspecified atom stereocenters. The predicted octanol–water partition coefficient (Wildman–Crippen LogP) is 4.03. The van der Waals surface area contributed by atoms with Gasteiger partial charge in [0.15, 0.2) is 5.96 Å². The van der Waals surface area contributed by atoms with Gasteiger partial charge in [0, 0.05) is 30.3 Å². The second-order valence-electron chi connectivity index (χ2n) is 5.59. The number of nitrogens with zero attached hydrogens (tertiary/aromatic N) is 2. The summed E-state index contributed by atoms with van der Waals surface area (Å²) in [6.45, 7) is 5.57. The highest BCUT2D eigenvalue weighted by Crippen LogP contribution is 2.19. The Bertz CT molecular complexity index is 823. The number of halogens is 1. The van der Waals surface area contributed by atoms with Crippen molar-refractivity contribution in [2.45, 2.75) is 26.8 Å². The molecular formula is C18H23IN4OS. The quantitative estimate of drug-likeness (QED) is 0.336. The summed E-state index contributed by atoms with van der Waals surface area (Å²) in [5, 5.41) is 8.89. The van der Waals surface area contributed by atoms with E-state index in [4.69, 9.17) is 4.42 Å². The molecule has 0 aliphatic carbocycles. The Morgan fingerprint density at radius 3 is 2.72 bits per heavy atom. The molecule has 0 spiro atoms. The van der Waals surface area contributed by atoms with Crippen molar-refractivity contribution in [1.29, 1.82) is 0 Å². The van der Waals surface area contributed by atoms with Gasteiger partial charge in [0.2, 0.25) is 0 Å². The molecular weight excluding hydrogens is 447 g/mol. The van der Waals surface area contributed by atoms with Gasteiger partial charge in [-0.05, 0) is 26.0 Å². The maximum atomic E-state index is 5.82. The van der Waals surface area contributed by atoms with Crippen molar-refractivity contribution < 1.29 is 4.42 Å². The third kappa shape index (κ3) is 5.18. The minimum atomic E-state index is 0. The molecule has 1 aromatic carbocycles. The first-order chi connectivity index (χ1) is 11.7. The molecule has 0 atom stereocenters. The summed E-state index contributed by atoms with van der Waals surface area (Å²) in [6.07, 6.45) is 0.814. The van der Waals surface area contributed by atoms with Gasteiger partial charge in [-0.3, -0.25) is 4.99 Å². The Morgan fingerprint density at radius 1 is 1.24 bits per heavy atom. The molecule has 0 saturated carbocycles. The monoisotopic (exact) mass is 470 g/mol. The average molecular weight is 470 g/mol. The first-order valence-electron chi connectivity index (χ1n) is 8.00. The molecule has 5 nitrogen and oxygen atoms in total. The molecule has 2 heterocycles. The fourth-order valence-electron chi connectivity index (χ4n) is 2.59. The molecule has 2 aromatic heterocycles. The molecule has 134 valence electrons. The first-order valence-corrected chi connectivity index (χ1v) is 8.82. The van der Waals surface area contributed by atoms with E-state index >= 15 is 0 Å². The molecule has 0 amide bonds. The maximum Gasteiger partial charge on any atom is 0.191 e. The van der Waals surface area contributed by atoms with Gasteiger partial charge < -0.3 is 15.1 Å². The van der Waals surface area contributed by atoms with Crippen molar-refractivity contribution >= 4 is 52.2 Å². The molecule has 3 aromatic rings. The van der Waals surface area contributed by atoms with Gasteiger partial charge in [-0.1, -0.05) is 18.2 Å². The van der Waals surface area contributed by atoms with Crippen LogP contribution in [0.2, 0.25) is 0 Å². The summed E-state index contributed by atoms with van der Waals surface area (Å²) in [5.74, 6) is 1.77. The first kappa shape index (κ1) is 19.7. The van der Waals surface area contributed by atoms with Crippen LogP contribution in [-0.2, 0) is 13.0 Å². The highest BCUT2D eigenvalue weighted by molar-refractivity contribution is 14.0. The van der Waals surface area contributed by atoms with E-state index in [9.17, 15) is 0 Å². The fraction of sp³-hybridized carbons (Fsp3) is 0.333. The SMILES string of the molecule is CN=C(NCCc1cc2ccccc2o1)NCc1sc(C)nc1C.I. The number of aryl methyl sites for hydroxylation is 2. The molecule has 7 heteroatoms. The van der Waals surface area contributed by atoms with Crippen molar-refractivity contribution in [2.24, 2.45) is 4.99 Å². The molecule has 0 aliphatic heterocycles. The summed E-state index contributed by atoms with van der Waals surface area (Å²) < 4.78 is 5.82. The van der Waals surface area contributed by atoms with Crippen LogP contribution in [0.25, 0.3) is 11.0 Å². The topological polar surface area (TPSA) is 62.5 Å². The highest BCUT2D eigenvalue weighted by Gasteiger charge is 2.06. The lowest BCUT2D eigenvalue weighted by molar-refractivity contribution is 0.544. The predicted molar refractivity (Wildman–Crippen MR) is 115 cm³/mol. The van der Waals surface area contributed by atoms with Crippen LogP contribution in [0.4, 0.5) is 0 Å². The third-order valence-corrected chi connectivity index (χ3v) is 4.85. The minimum absolute atomic E-state index is 0. The van der Waals surface area contributed by atoms with Crippen molar-refractivity contribution in [3.8, 4) is 0 Å². The zero-order valence-corrected chi connectivity index (χ0v) is 17.8. The Labute approximate surface area is 169 Å². The van der Waals surface area contributed by atoms with Crippen LogP contribution < -0.4 is 10.6 Å². The summed E-state index contributed by atoms with van der Waals surface area (Å²) >= 11 is 1.72. The highest BCUT2D eigenvalue weighted by atomic mass is 127. The lowest BCUT2D eigenvalue weighted by atomic mass is 10.2. The smallest absolute Gasteiger partial charge is 0.191 e. The summed E-state index contributed by atoms with van der Waals surface area (Å²) in [5.41, 5.74) is 2.02. The van der Waals surface area contributed by atoms with E-state index in [-0.39, 0.29) is 24.0 Å². The average Bonchev–Trinajstić information content (AvgIpc) is 3.12. The number of furan rings is 1. The number of nitrogens with one attached hydrogen (secondary N) is 2. The minimum Gasteiger partial charge on any atom is -0.461 e. The van der Waals surface area contributed by atoms with E-state index in [0.29, 0.717) is 0 Å². The molecule has 0 aliphatic rings. The molecule has 3 rings (SSSR count). The van der Waals surface area contributed by atoms with Crippen molar-refractivity contribution in [3.05, 3.63) is 51.7 Å². The van der Waals surface area contributed by atoms with E-state index in [2.05, 4.69) is 32.7 Å². The molecule has 2 N–H and O–H groups in total. The molecule has 0 saturated heterocycles. The van der Waals surface area contributed by atoms with E-state index in [1.54, 1.807) is 18.4 Å². The Morgan fingerprint density at radius 2 is 2.04 bits per heavy atom. The van der Waals surface area contributed by atoms with Crippen LogP contribution in [-0.4, -0.2) is 24.5 Å². The number of rotatable bonds is 5. The number of hydrogen-bond donors (Lipinski definition) is 2. The molecule has 0 bridgehead atoms. The number of benzene rings is 1. The number of fused-ring (bicyclic) bond motifs is 1. The van der Waals surface area contributed by atoms with E-state index in [0.717, 1.165) is 52.9 Å². The zero-order valence-electron chi connectivity index (χ0n) is 14.6. The van der Waals surface area contributed by atoms with Crippen molar-refractivity contribution in [2.75, 3.05) is 13.6 Å². The third-order valence-electron chi connectivity index (χ3n) is 3.78. The zero-order chi connectivity index (χ0) is 16.9. The lowest BCUT2D eigenvalue weighted by Gasteiger charge is -2.10. The van der Waals surface area contributed by atoms with Crippen molar-refractivity contribution in [1.82, 2.24) is 15.6 Å².